The average molecular weight is 1480 g/mol. The van der Waals surface area contributed by atoms with E-state index in [1.165, 1.54) is 11.1 Å². The van der Waals surface area contributed by atoms with Crippen LogP contribution < -0.4 is 9.30 Å². The summed E-state index contributed by atoms with van der Waals surface area (Å²) in [5.74, 6) is 1.73. The summed E-state index contributed by atoms with van der Waals surface area (Å²) in [5.41, 5.74) is 19.3. The molecule has 100 heavy (non-hydrogen) atoms. The third-order valence-electron chi connectivity index (χ3n) is 21.5. The van der Waals surface area contributed by atoms with Crippen molar-refractivity contribution in [3.05, 3.63) is 295 Å². The van der Waals surface area contributed by atoms with E-state index in [2.05, 4.69) is 284 Å². The number of fused-ring (bicyclic) bond motifs is 17. The molecule has 2 aliphatic rings. The zero-order valence-electron chi connectivity index (χ0n) is 62.5. The van der Waals surface area contributed by atoms with Gasteiger partial charge in [-0.3, -0.25) is 4.57 Å². The van der Waals surface area contributed by atoms with Gasteiger partial charge in [-0.15, -0.1) is 29.7 Å². The Balaban J connectivity index is 0.00000796. The van der Waals surface area contributed by atoms with Crippen molar-refractivity contribution >= 4 is 76.5 Å². The number of pyridine rings is 1. The Hall–Kier alpha value is -10.9. The van der Waals surface area contributed by atoms with E-state index in [0.29, 0.717) is 28.4 Å². The smallest absolute Gasteiger partial charge is 0.268 e. The van der Waals surface area contributed by atoms with Gasteiger partial charge >= 0.3 is 0 Å². The summed E-state index contributed by atoms with van der Waals surface area (Å²) in [7, 11) is 0. The molecule has 0 radical (unpaired) electrons. The molecule has 0 spiro atoms. The first kappa shape index (κ1) is 55.1. The topological polar surface area (TPSA) is 45.7 Å². The molecule has 19 rings (SSSR count). The summed E-state index contributed by atoms with van der Waals surface area (Å²) < 4.78 is 73.7. The Morgan fingerprint density at radius 2 is 1.00 bits per heavy atom. The largest absolute Gasteiger partial charge is 0.510 e. The van der Waals surface area contributed by atoms with Crippen LogP contribution in [0.15, 0.2) is 249 Å². The van der Waals surface area contributed by atoms with E-state index >= 15 is 0 Å². The third-order valence-corrected chi connectivity index (χ3v) is 21.5. The predicted molar refractivity (Wildman–Crippen MR) is 407 cm³/mol. The fraction of sp³-hybridized carbons (Fsp3) is 0.152. The number of rotatable bonds is 7. The molecule has 6 heterocycles. The van der Waals surface area contributed by atoms with Gasteiger partial charge in [0, 0.05) is 79.7 Å². The van der Waals surface area contributed by atoms with E-state index in [1.54, 1.807) is 18.2 Å². The number of ether oxygens (including phenoxy) is 1. The molecule has 1 aliphatic carbocycles. The molecule has 5 aromatic heterocycles. The minimum absolute atomic E-state index is 0. The van der Waals surface area contributed by atoms with Crippen molar-refractivity contribution in [3.8, 4) is 84.6 Å². The molecule has 8 heteroatoms. The molecule has 0 N–H and O–H groups in total. The number of aromatic nitrogens is 6. The number of imidazole rings is 1. The van der Waals surface area contributed by atoms with Crippen LogP contribution in [0.2, 0.25) is 0 Å². The minimum atomic E-state index is -2.72. The molecule has 7 nitrogen and oxygen atoms in total. The van der Waals surface area contributed by atoms with Gasteiger partial charge in [0.2, 0.25) is 0 Å². The zero-order chi connectivity index (χ0) is 72.0. The number of hydrogen-bond acceptors (Lipinski definition) is 2. The number of hydrogen-bond donors (Lipinski definition) is 0. The van der Waals surface area contributed by atoms with Gasteiger partial charge in [0.05, 0.1) is 44.5 Å². The van der Waals surface area contributed by atoms with Crippen molar-refractivity contribution in [1.29, 1.82) is 0 Å². The van der Waals surface area contributed by atoms with Crippen molar-refractivity contribution in [3.63, 3.8) is 0 Å². The van der Waals surface area contributed by atoms with Gasteiger partial charge in [-0.05, 0) is 199 Å². The van der Waals surface area contributed by atoms with Crippen molar-refractivity contribution in [2.45, 2.75) is 91.3 Å². The van der Waals surface area contributed by atoms with Crippen LogP contribution in [0.25, 0.3) is 150 Å². The Morgan fingerprint density at radius 1 is 0.470 bits per heavy atom. The van der Waals surface area contributed by atoms with E-state index in [0.717, 1.165) is 145 Å². The minimum Gasteiger partial charge on any atom is -0.510 e. The van der Waals surface area contributed by atoms with E-state index < -0.39 is 13.7 Å². The van der Waals surface area contributed by atoms with Crippen LogP contribution in [0.3, 0.4) is 0 Å². The van der Waals surface area contributed by atoms with E-state index in [4.69, 9.17) is 9.72 Å². The average Bonchev–Trinajstić information content (AvgIpc) is 1.50. The first-order chi connectivity index (χ1) is 50.5. The molecule has 17 aromatic rings. The first-order valence-electron chi connectivity index (χ1n) is 37.2. The van der Waals surface area contributed by atoms with Gasteiger partial charge in [-0.2, -0.15) is 18.2 Å². The summed E-state index contributed by atoms with van der Waals surface area (Å²) in [5, 5.41) is 6.36. The van der Waals surface area contributed by atoms with Gasteiger partial charge in [0.15, 0.2) is 0 Å². The molecule has 0 bridgehead atoms. The van der Waals surface area contributed by atoms with Crippen LogP contribution in [0.5, 0.6) is 11.5 Å². The maximum atomic E-state index is 9.25. The SMILES string of the molecule is [2H]C([2H])([2H])c1cccc(C([2H])([2H])[2H])c1-c1cc2c(c(-n3c4ccccc4c4ccccc43)c1)-[n+]1[c-]n(-c3[c-]c(Oc4[c-]c5c(cc4)c4ccccc4n5-c4cc(C(C)(C)C)ccn4)ccc3)c3cc(-n4c5ccccc5c5ccccc54)cc(c31)-c1ccccc1-c1cc3c(cc1-2)C(C)(C)CCC3(C)C.[Pt]. The number of aryl methyl sites for hydroxylation is 2. The molecule has 0 fully saturated rings. The van der Waals surface area contributed by atoms with Gasteiger partial charge in [0.1, 0.15) is 5.82 Å². The monoisotopic (exact) mass is 1480 g/mol. The normalized spacial score (nSPS) is 15.0. The maximum absolute atomic E-state index is 9.25. The summed E-state index contributed by atoms with van der Waals surface area (Å²) in [6.07, 6.45) is 7.93. The molecule has 0 saturated heterocycles. The van der Waals surface area contributed by atoms with Crippen molar-refractivity contribution < 1.29 is 38.6 Å². The molecule has 0 amide bonds. The maximum Gasteiger partial charge on any atom is 0.268 e. The van der Waals surface area contributed by atoms with Gasteiger partial charge in [-0.1, -0.05) is 194 Å². The fourth-order valence-electron chi connectivity index (χ4n) is 16.4. The molecule has 0 atom stereocenters. The molecule has 0 unspecified atom stereocenters. The van der Waals surface area contributed by atoms with Gasteiger partial charge in [-0.25, -0.2) is 4.98 Å². The zero-order valence-corrected chi connectivity index (χ0v) is 58.8. The summed E-state index contributed by atoms with van der Waals surface area (Å²) in [4.78, 5) is 4.97. The Labute approximate surface area is 605 Å². The summed E-state index contributed by atoms with van der Waals surface area (Å²) in [6.45, 7) is 10.6. The molecular weight excluding hydrogens is 1400 g/mol. The number of para-hydroxylation sites is 5. The second kappa shape index (κ2) is 22.6. The van der Waals surface area contributed by atoms with E-state index in [9.17, 15) is 8.22 Å². The molecular formula is C92H72N6OPt-2. The molecule has 12 aromatic carbocycles. The quantitative estimate of drug-likeness (QED) is 0.118. The van der Waals surface area contributed by atoms with Gasteiger partial charge < -0.3 is 23.0 Å². The van der Waals surface area contributed by atoms with Crippen LogP contribution in [-0.2, 0) is 37.3 Å². The second-order valence-electron chi connectivity index (χ2n) is 29.3. The predicted octanol–water partition coefficient (Wildman–Crippen LogP) is 23.0. The van der Waals surface area contributed by atoms with Crippen molar-refractivity contribution in [2.24, 2.45) is 0 Å². The standard InChI is InChI=1S/C92H72N6O.Pt/c1-56-24-22-25-57(2)87(56)58-46-74-73-54-77-76(91(6,7)43-44-92(77,8)9)53-72(73)64-28-10-11-29-65(64)75-50-61(96-78-35-17-12-30-66(78)67-31-13-18-36-79(67)96)51-84-88(75)95(89(74)85(47-58)97-80-37-19-14-32-68(80)69-33-15-20-38-81(69)97)55-94(84)60-26-23-27-62(49-60)99-63-40-41-71-70-34-16-21-39-82(70)98(83(71)52-63)86-48-59(42-45-93-86)90(3,4)5;/h10-42,45-48,50-51,53-54H,43-44H2,1-9H3;/q-2;/i1D3,2D3;. The molecule has 1 aliphatic heterocycles. The Morgan fingerprint density at radius 3 is 1.60 bits per heavy atom. The van der Waals surface area contributed by atoms with Gasteiger partial charge in [0.25, 0.3) is 6.33 Å². The van der Waals surface area contributed by atoms with Crippen LogP contribution in [0.4, 0.5) is 0 Å². The Kier molecular flexibility index (Phi) is 12.4. The van der Waals surface area contributed by atoms with Crippen molar-refractivity contribution in [2.75, 3.05) is 0 Å². The second-order valence-corrected chi connectivity index (χ2v) is 29.3. The fourth-order valence-corrected chi connectivity index (χ4v) is 16.4. The van der Waals surface area contributed by atoms with E-state index in [-0.39, 0.29) is 54.0 Å². The summed E-state index contributed by atoms with van der Waals surface area (Å²) >= 11 is 0. The van der Waals surface area contributed by atoms with Crippen LogP contribution >= 0.6 is 0 Å². The van der Waals surface area contributed by atoms with E-state index in [1.807, 2.05) is 36.5 Å². The van der Waals surface area contributed by atoms with Crippen LogP contribution in [0.1, 0.15) is 97.3 Å². The van der Waals surface area contributed by atoms with Crippen molar-refractivity contribution in [1.82, 2.24) is 23.3 Å². The number of benzene rings is 12. The summed E-state index contributed by atoms with van der Waals surface area (Å²) in [6, 6.07) is 91.2. The number of nitrogens with zero attached hydrogens (tertiary/aromatic N) is 6. The van der Waals surface area contributed by atoms with Crippen LogP contribution in [-0.4, -0.2) is 23.3 Å². The third kappa shape index (κ3) is 9.34. The molecule has 0 saturated carbocycles. The molecule has 488 valence electrons. The Bertz CT molecular complexity index is 6410. The van der Waals surface area contributed by atoms with Crippen LogP contribution in [0, 0.1) is 32.2 Å². The first-order valence-corrected chi connectivity index (χ1v) is 34.2.